The molecule has 23 heavy (non-hydrogen) atoms. The van der Waals surface area contributed by atoms with E-state index in [0.29, 0.717) is 0 Å². The van der Waals surface area contributed by atoms with Crippen molar-refractivity contribution >= 4 is 22.5 Å². The number of hydrogen-bond acceptors (Lipinski definition) is 3. The van der Waals surface area contributed by atoms with Gasteiger partial charge in [-0.1, -0.05) is 41.9 Å². The lowest BCUT2D eigenvalue weighted by molar-refractivity contribution is 0.0221. The summed E-state index contributed by atoms with van der Waals surface area (Å²) in [5, 5.41) is 6.70. The standard InChI is InChI=1S/C18H18ClN3O/c19-15-6-7-17-16(12-15)18(14-4-2-1-3-5-14)20-22(17)13-21-8-10-23-11-9-21/h1-7,12H,8-11,13H2. The van der Waals surface area contributed by atoms with Gasteiger partial charge in [-0.3, -0.25) is 4.90 Å². The van der Waals surface area contributed by atoms with Crippen LogP contribution in [0.25, 0.3) is 22.2 Å². The lowest BCUT2D eigenvalue weighted by atomic mass is 10.1. The highest BCUT2D eigenvalue weighted by atomic mass is 35.5. The van der Waals surface area contributed by atoms with Gasteiger partial charge in [-0.15, -0.1) is 0 Å². The fraction of sp³-hybridized carbons (Fsp3) is 0.278. The first-order chi connectivity index (χ1) is 11.3. The van der Waals surface area contributed by atoms with Crippen molar-refractivity contribution in [3.63, 3.8) is 0 Å². The van der Waals surface area contributed by atoms with Crippen LogP contribution in [0.4, 0.5) is 0 Å². The third kappa shape index (κ3) is 2.98. The molecule has 2 heterocycles. The molecule has 1 aliphatic heterocycles. The van der Waals surface area contributed by atoms with Gasteiger partial charge in [0.25, 0.3) is 0 Å². The summed E-state index contributed by atoms with van der Waals surface area (Å²) in [4.78, 5) is 2.36. The molecule has 1 aromatic heterocycles. The molecule has 0 radical (unpaired) electrons. The maximum Gasteiger partial charge on any atom is 0.100 e. The molecule has 0 amide bonds. The average Bonchev–Trinajstić information content (AvgIpc) is 2.94. The lowest BCUT2D eigenvalue weighted by Gasteiger charge is -2.26. The number of fused-ring (bicyclic) bond motifs is 1. The molecule has 2 aromatic carbocycles. The molecule has 0 atom stereocenters. The molecule has 1 saturated heterocycles. The van der Waals surface area contributed by atoms with E-state index >= 15 is 0 Å². The Hall–Kier alpha value is -1.88. The second kappa shape index (κ2) is 6.32. The van der Waals surface area contributed by atoms with Crippen molar-refractivity contribution in [2.24, 2.45) is 0 Å². The average molecular weight is 328 g/mol. The van der Waals surface area contributed by atoms with E-state index in [9.17, 15) is 0 Å². The van der Waals surface area contributed by atoms with Gasteiger partial charge in [-0.25, -0.2) is 4.68 Å². The number of hydrogen-bond donors (Lipinski definition) is 0. The van der Waals surface area contributed by atoms with Crippen LogP contribution in [-0.4, -0.2) is 41.0 Å². The number of nitrogens with zero attached hydrogens (tertiary/aromatic N) is 3. The van der Waals surface area contributed by atoms with Crippen LogP contribution in [0, 0.1) is 0 Å². The zero-order valence-corrected chi connectivity index (χ0v) is 13.5. The molecule has 1 fully saturated rings. The molecule has 0 spiro atoms. The van der Waals surface area contributed by atoms with Gasteiger partial charge in [0.1, 0.15) is 5.69 Å². The number of ether oxygens (including phenoxy) is 1. The summed E-state index contributed by atoms with van der Waals surface area (Å²) in [6.07, 6.45) is 0. The SMILES string of the molecule is Clc1ccc2c(c1)c(-c1ccccc1)nn2CN1CCOCC1. The summed E-state index contributed by atoms with van der Waals surface area (Å²) < 4.78 is 7.50. The van der Waals surface area contributed by atoms with E-state index in [2.05, 4.69) is 27.8 Å². The van der Waals surface area contributed by atoms with Crippen molar-refractivity contribution in [1.29, 1.82) is 0 Å². The van der Waals surface area contributed by atoms with Gasteiger partial charge in [0.05, 0.1) is 25.4 Å². The minimum Gasteiger partial charge on any atom is -0.379 e. The van der Waals surface area contributed by atoms with Gasteiger partial charge >= 0.3 is 0 Å². The van der Waals surface area contributed by atoms with E-state index in [4.69, 9.17) is 21.4 Å². The van der Waals surface area contributed by atoms with Gasteiger partial charge in [-0.05, 0) is 18.2 Å². The zero-order valence-electron chi connectivity index (χ0n) is 12.8. The summed E-state index contributed by atoms with van der Waals surface area (Å²) in [7, 11) is 0. The third-order valence-corrected chi connectivity index (χ3v) is 4.43. The smallest absolute Gasteiger partial charge is 0.100 e. The monoisotopic (exact) mass is 327 g/mol. The van der Waals surface area contributed by atoms with Gasteiger partial charge in [0.15, 0.2) is 0 Å². The summed E-state index contributed by atoms with van der Waals surface area (Å²) in [6.45, 7) is 4.23. The van der Waals surface area contributed by atoms with E-state index in [1.165, 1.54) is 0 Å². The fourth-order valence-corrected chi connectivity index (χ4v) is 3.17. The summed E-state index contributed by atoms with van der Waals surface area (Å²) in [6, 6.07) is 16.2. The van der Waals surface area contributed by atoms with E-state index in [1.807, 2.05) is 30.3 Å². The van der Waals surface area contributed by atoms with Crippen LogP contribution in [0.5, 0.6) is 0 Å². The topological polar surface area (TPSA) is 30.3 Å². The molecular formula is C18H18ClN3O. The van der Waals surface area contributed by atoms with Gasteiger partial charge in [0.2, 0.25) is 0 Å². The molecule has 5 heteroatoms. The molecule has 0 bridgehead atoms. The molecule has 0 N–H and O–H groups in total. The summed E-state index contributed by atoms with van der Waals surface area (Å²) in [5.41, 5.74) is 3.21. The first-order valence-electron chi connectivity index (χ1n) is 7.83. The van der Waals surface area contributed by atoms with Crippen LogP contribution < -0.4 is 0 Å². The number of aromatic nitrogens is 2. The highest BCUT2D eigenvalue weighted by Crippen LogP contribution is 2.30. The predicted molar refractivity (Wildman–Crippen MR) is 92.6 cm³/mol. The Morgan fingerprint density at radius 3 is 2.61 bits per heavy atom. The highest BCUT2D eigenvalue weighted by Gasteiger charge is 2.16. The van der Waals surface area contributed by atoms with E-state index in [1.54, 1.807) is 0 Å². The number of morpholine rings is 1. The Balaban J connectivity index is 1.78. The molecule has 4 nitrogen and oxygen atoms in total. The van der Waals surface area contributed by atoms with Crippen molar-refractivity contribution < 1.29 is 4.74 Å². The third-order valence-electron chi connectivity index (χ3n) is 4.20. The van der Waals surface area contributed by atoms with Crippen LogP contribution in [0.3, 0.4) is 0 Å². The minimum atomic E-state index is 0.737. The Morgan fingerprint density at radius 1 is 1.04 bits per heavy atom. The number of rotatable bonds is 3. The van der Waals surface area contributed by atoms with Crippen molar-refractivity contribution in [3.05, 3.63) is 53.6 Å². The Bertz CT molecular complexity index is 810. The predicted octanol–water partition coefficient (Wildman–Crippen LogP) is 3.65. The molecule has 3 aromatic rings. The first-order valence-corrected chi connectivity index (χ1v) is 8.21. The molecule has 118 valence electrons. The van der Waals surface area contributed by atoms with Crippen LogP contribution in [0.1, 0.15) is 0 Å². The normalized spacial score (nSPS) is 16.0. The quantitative estimate of drug-likeness (QED) is 0.735. The van der Waals surface area contributed by atoms with E-state index in [0.717, 1.165) is 60.2 Å². The molecule has 0 unspecified atom stereocenters. The van der Waals surface area contributed by atoms with Gasteiger partial charge < -0.3 is 4.74 Å². The van der Waals surface area contributed by atoms with E-state index in [-0.39, 0.29) is 0 Å². The Labute approximate surface area is 140 Å². The van der Waals surface area contributed by atoms with Crippen molar-refractivity contribution in [2.45, 2.75) is 6.67 Å². The second-order valence-electron chi connectivity index (χ2n) is 5.75. The molecular weight excluding hydrogens is 310 g/mol. The summed E-state index contributed by atoms with van der Waals surface area (Å²) in [5.74, 6) is 0. The van der Waals surface area contributed by atoms with E-state index < -0.39 is 0 Å². The highest BCUT2D eigenvalue weighted by molar-refractivity contribution is 6.31. The first kappa shape index (κ1) is 14.7. The lowest BCUT2D eigenvalue weighted by Crippen LogP contribution is -2.37. The minimum absolute atomic E-state index is 0.737. The van der Waals surface area contributed by atoms with Crippen LogP contribution >= 0.6 is 11.6 Å². The molecule has 0 saturated carbocycles. The van der Waals surface area contributed by atoms with Crippen LogP contribution in [0.15, 0.2) is 48.5 Å². The maximum atomic E-state index is 6.22. The number of benzene rings is 2. The van der Waals surface area contributed by atoms with Crippen LogP contribution in [-0.2, 0) is 11.4 Å². The second-order valence-corrected chi connectivity index (χ2v) is 6.18. The summed E-state index contributed by atoms with van der Waals surface area (Å²) >= 11 is 6.22. The Morgan fingerprint density at radius 2 is 1.83 bits per heavy atom. The zero-order chi connectivity index (χ0) is 15.6. The van der Waals surface area contributed by atoms with Gasteiger partial charge in [-0.2, -0.15) is 5.10 Å². The molecule has 0 aliphatic carbocycles. The maximum absolute atomic E-state index is 6.22. The molecule has 4 rings (SSSR count). The largest absolute Gasteiger partial charge is 0.379 e. The number of halogens is 1. The van der Waals surface area contributed by atoms with Crippen molar-refractivity contribution in [3.8, 4) is 11.3 Å². The Kier molecular flexibility index (Phi) is 4.04. The fourth-order valence-electron chi connectivity index (χ4n) is 3.00. The molecule has 1 aliphatic rings. The van der Waals surface area contributed by atoms with Crippen molar-refractivity contribution in [1.82, 2.24) is 14.7 Å². The van der Waals surface area contributed by atoms with Crippen LogP contribution in [0.2, 0.25) is 5.02 Å². The van der Waals surface area contributed by atoms with Crippen molar-refractivity contribution in [2.75, 3.05) is 26.3 Å². The van der Waals surface area contributed by atoms with Gasteiger partial charge in [0, 0.05) is 29.1 Å².